The van der Waals surface area contributed by atoms with Gasteiger partial charge in [0.25, 0.3) is 0 Å². The molecule has 8 nitrogen and oxygen atoms in total. The van der Waals surface area contributed by atoms with Crippen LogP contribution in [0.5, 0.6) is 17.4 Å². The first kappa shape index (κ1) is 20.3. The number of benzene rings is 1. The number of methoxy groups -OCH3 is 2. The zero-order valence-corrected chi connectivity index (χ0v) is 17.3. The molecule has 1 atom stereocenters. The highest BCUT2D eigenvalue weighted by atomic mass is 32.2. The van der Waals surface area contributed by atoms with Gasteiger partial charge in [-0.05, 0) is 38.8 Å². The van der Waals surface area contributed by atoms with Crippen molar-refractivity contribution in [2.45, 2.75) is 37.7 Å². The Morgan fingerprint density at radius 3 is 2.57 bits per heavy atom. The van der Waals surface area contributed by atoms with Crippen LogP contribution in [-0.2, 0) is 10.0 Å². The zero-order valence-electron chi connectivity index (χ0n) is 16.5. The van der Waals surface area contributed by atoms with Crippen molar-refractivity contribution in [2.75, 3.05) is 27.3 Å². The van der Waals surface area contributed by atoms with E-state index in [0.29, 0.717) is 30.4 Å². The van der Waals surface area contributed by atoms with Gasteiger partial charge in [-0.1, -0.05) is 0 Å². The number of nitrogens with zero attached hydrogens (tertiary/aromatic N) is 3. The predicted molar refractivity (Wildman–Crippen MR) is 103 cm³/mol. The summed E-state index contributed by atoms with van der Waals surface area (Å²) in [4.78, 5) is 8.61. The Morgan fingerprint density at radius 1 is 1.11 bits per heavy atom. The van der Waals surface area contributed by atoms with E-state index in [9.17, 15) is 8.42 Å². The van der Waals surface area contributed by atoms with Gasteiger partial charge in [-0.25, -0.2) is 13.4 Å². The first-order valence-electron chi connectivity index (χ1n) is 9.04. The van der Waals surface area contributed by atoms with Gasteiger partial charge in [0.1, 0.15) is 28.3 Å². The summed E-state index contributed by atoms with van der Waals surface area (Å²) in [6, 6.07) is 6.50. The maximum absolute atomic E-state index is 13.3. The van der Waals surface area contributed by atoms with Gasteiger partial charge in [0.05, 0.1) is 20.8 Å². The molecule has 1 aromatic carbocycles. The third kappa shape index (κ3) is 4.36. The van der Waals surface area contributed by atoms with E-state index < -0.39 is 10.0 Å². The molecule has 152 valence electrons. The molecule has 1 aliphatic heterocycles. The minimum atomic E-state index is -3.76. The largest absolute Gasteiger partial charge is 0.497 e. The highest BCUT2D eigenvalue weighted by molar-refractivity contribution is 7.89. The molecule has 1 unspecified atom stereocenters. The van der Waals surface area contributed by atoms with Gasteiger partial charge in [0.15, 0.2) is 0 Å². The zero-order chi connectivity index (χ0) is 20.3. The molecule has 0 bridgehead atoms. The molecular weight excluding hydrogens is 382 g/mol. The Hall–Kier alpha value is -2.39. The van der Waals surface area contributed by atoms with E-state index in [4.69, 9.17) is 14.2 Å². The smallest absolute Gasteiger partial charge is 0.247 e. The average molecular weight is 407 g/mol. The maximum atomic E-state index is 13.3. The maximum Gasteiger partial charge on any atom is 0.247 e. The van der Waals surface area contributed by atoms with E-state index in [2.05, 4.69) is 9.97 Å². The minimum Gasteiger partial charge on any atom is -0.497 e. The van der Waals surface area contributed by atoms with Crippen molar-refractivity contribution in [1.29, 1.82) is 0 Å². The molecule has 0 spiro atoms. The molecule has 28 heavy (non-hydrogen) atoms. The predicted octanol–water partition coefficient (Wildman–Crippen LogP) is 2.34. The van der Waals surface area contributed by atoms with Crippen molar-refractivity contribution >= 4 is 10.0 Å². The van der Waals surface area contributed by atoms with Crippen molar-refractivity contribution in [2.24, 2.45) is 0 Å². The normalized spacial score (nSPS) is 17.9. The summed E-state index contributed by atoms with van der Waals surface area (Å²) in [5, 5.41) is 0. The lowest BCUT2D eigenvalue weighted by molar-refractivity contribution is 0.124. The molecule has 0 radical (unpaired) electrons. The van der Waals surface area contributed by atoms with Crippen LogP contribution in [0.4, 0.5) is 0 Å². The molecule has 0 amide bonds. The molecule has 1 aliphatic rings. The molecule has 1 aromatic heterocycles. The SMILES string of the molecule is COc1ccc(OC)c(S(=O)(=O)N2CCCC(Oc3cc(C)nc(C)n3)C2)c1. The average Bonchev–Trinajstić information content (AvgIpc) is 2.66. The van der Waals surface area contributed by atoms with Crippen LogP contribution in [0.3, 0.4) is 0 Å². The van der Waals surface area contributed by atoms with Crippen LogP contribution in [0, 0.1) is 13.8 Å². The fourth-order valence-electron chi connectivity index (χ4n) is 3.26. The van der Waals surface area contributed by atoms with Crippen LogP contribution in [-0.4, -0.2) is 56.1 Å². The van der Waals surface area contributed by atoms with E-state index in [0.717, 1.165) is 12.1 Å². The number of rotatable bonds is 6. The third-order valence-electron chi connectivity index (χ3n) is 4.56. The number of aromatic nitrogens is 2. The number of aryl methyl sites for hydroxylation is 2. The lowest BCUT2D eigenvalue weighted by Gasteiger charge is -2.32. The van der Waals surface area contributed by atoms with Crippen molar-refractivity contribution in [3.05, 3.63) is 35.8 Å². The molecule has 9 heteroatoms. The van der Waals surface area contributed by atoms with E-state index in [1.54, 1.807) is 25.1 Å². The first-order valence-corrected chi connectivity index (χ1v) is 10.5. The molecule has 0 N–H and O–H groups in total. The summed E-state index contributed by atoms with van der Waals surface area (Å²) >= 11 is 0. The van der Waals surface area contributed by atoms with E-state index in [1.165, 1.54) is 24.6 Å². The van der Waals surface area contributed by atoms with E-state index >= 15 is 0 Å². The monoisotopic (exact) mass is 407 g/mol. The lowest BCUT2D eigenvalue weighted by atomic mass is 10.1. The van der Waals surface area contributed by atoms with Crippen LogP contribution in [0.25, 0.3) is 0 Å². The highest BCUT2D eigenvalue weighted by Gasteiger charge is 2.33. The number of hydrogen-bond acceptors (Lipinski definition) is 7. The van der Waals surface area contributed by atoms with Crippen molar-refractivity contribution in [3.63, 3.8) is 0 Å². The minimum absolute atomic E-state index is 0.0868. The summed E-state index contributed by atoms with van der Waals surface area (Å²) in [5.74, 6) is 1.83. The van der Waals surface area contributed by atoms with Gasteiger partial charge >= 0.3 is 0 Å². The number of sulfonamides is 1. The summed E-state index contributed by atoms with van der Waals surface area (Å²) in [5.41, 5.74) is 0.809. The van der Waals surface area contributed by atoms with E-state index in [-0.39, 0.29) is 23.3 Å². The summed E-state index contributed by atoms with van der Waals surface area (Å²) in [7, 11) is -0.821. The van der Waals surface area contributed by atoms with Gasteiger partial charge in [0, 0.05) is 24.4 Å². The van der Waals surface area contributed by atoms with Gasteiger partial charge in [-0.3, -0.25) is 0 Å². The van der Waals surface area contributed by atoms with Gasteiger partial charge in [-0.15, -0.1) is 0 Å². The molecule has 2 heterocycles. The first-order chi connectivity index (χ1) is 13.3. The quantitative estimate of drug-likeness (QED) is 0.726. The molecule has 0 aliphatic carbocycles. The van der Waals surface area contributed by atoms with Crippen LogP contribution in [0.2, 0.25) is 0 Å². The van der Waals surface area contributed by atoms with Gasteiger partial charge in [0.2, 0.25) is 15.9 Å². The second-order valence-electron chi connectivity index (χ2n) is 6.66. The van der Waals surface area contributed by atoms with Crippen LogP contribution in [0.1, 0.15) is 24.4 Å². The van der Waals surface area contributed by atoms with Crippen molar-refractivity contribution in [3.8, 4) is 17.4 Å². The fourth-order valence-corrected chi connectivity index (χ4v) is 4.94. The molecule has 1 fully saturated rings. The molecular formula is C19H25N3O5S. The molecule has 0 saturated carbocycles. The fraction of sp³-hybridized carbons (Fsp3) is 0.474. The Labute approximate surface area is 165 Å². The Morgan fingerprint density at radius 2 is 1.89 bits per heavy atom. The van der Waals surface area contributed by atoms with Crippen LogP contribution >= 0.6 is 0 Å². The van der Waals surface area contributed by atoms with Gasteiger partial charge in [-0.2, -0.15) is 9.29 Å². The number of hydrogen-bond donors (Lipinski definition) is 0. The Balaban J connectivity index is 1.83. The van der Waals surface area contributed by atoms with Crippen molar-refractivity contribution in [1.82, 2.24) is 14.3 Å². The number of ether oxygens (including phenoxy) is 3. The number of piperidine rings is 1. The van der Waals surface area contributed by atoms with E-state index in [1.807, 2.05) is 6.92 Å². The Bertz CT molecular complexity index is 928. The highest BCUT2D eigenvalue weighted by Crippen LogP contribution is 2.32. The Kier molecular flexibility index (Phi) is 6.04. The second kappa shape index (κ2) is 8.32. The standard InChI is InChI=1S/C19H25N3O5S/c1-13-10-19(21-14(2)20-13)27-16-6-5-9-22(12-16)28(23,24)18-11-15(25-3)7-8-17(18)26-4/h7-8,10-11,16H,5-6,9,12H2,1-4H3. The van der Waals surface area contributed by atoms with Crippen molar-refractivity contribution < 1.29 is 22.6 Å². The van der Waals surface area contributed by atoms with Gasteiger partial charge < -0.3 is 14.2 Å². The second-order valence-corrected chi connectivity index (χ2v) is 8.56. The van der Waals surface area contributed by atoms with Crippen LogP contribution < -0.4 is 14.2 Å². The third-order valence-corrected chi connectivity index (χ3v) is 6.45. The summed E-state index contributed by atoms with van der Waals surface area (Å²) in [6.07, 6.45) is 1.16. The molecule has 2 aromatic rings. The molecule has 3 rings (SSSR count). The van der Waals surface area contributed by atoms with Crippen LogP contribution in [0.15, 0.2) is 29.2 Å². The summed E-state index contributed by atoms with van der Waals surface area (Å²) in [6.45, 7) is 4.33. The molecule has 1 saturated heterocycles. The topological polar surface area (TPSA) is 90.9 Å². The summed E-state index contributed by atoms with van der Waals surface area (Å²) < 4.78 is 44.3. The lowest BCUT2D eigenvalue weighted by Crippen LogP contribution is -2.44.